The molecular weight excluding hydrogens is 302 g/mol. The van der Waals surface area contributed by atoms with E-state index in [1.807, 2.05) is 23.2 Å². The standard InChI is InChI=1S/C19H25N3O2/c1-20-19(24)15-7-5-11-22(13-15)18(23)10-4-6-14-12-21-17-9-3-2-8-16(14)17/h2-3,8-9,12,15,21H,4-7,10-11,13H2,1H3,(H,20,24). The summed E-state index contributed by atoms with van der Waals surface area (Å²) in [7, 11) is 1.66. The van der Waals surface area contributed by atoms with Gasteiger partial charge in [0.1, 0.15) is 0 Å². The average molecular weight is 327 g/mol. The third kappa shape index (κ3) is 3.61. The number of amides is 2. The lowest BCUT2D eigenvalue weighted by atomic mass is 9.96. The lowest BCUT2D eigenvalue weighted by Crippen LogP contribution is -2.44. The number of H-pyrrole nitrogens is 1. The summed E-state index contributed by atoms with van der Waals surface area (Å²) < 4.78 is 0. The van der Waals surface area contributed by atoms with Gasteiger partial charge in [0.2, 0.25) is 11.8 Å². The maximum absolute atomic E-state index is 12.4. The fourth-order valence-electron chi connectivity index (χ4n) is 3.55. The van der Waals surface area contributed by atoms with Crippen LogP contribution in [0.3, 0.4) is 0 Å². The number of aryl methyl sites for hydroxylation is 1. The molecule has 5 nitrogen and oxygen atoms in total. The Morgan fingerprint density at radius 1 is 1.33 bits per heavy atom. The van der Waals surface area contributed by atoms with Crippen molar-refractivity contribution in [1.82, 2.24) is 15.2 Å². The molecule has 2 N–H and O–H groups in total. The highest BCUT2D eigenvalue weighted by molar-refractivity contribution is 5.83. The number of benzene rings is 1. The second-order valence-corrected chi connectivity index (χ2v) is 6.51. The molecule has 0 saturated carbocycles. The van der Waals surface area contributed by atoms with Gasteiger partial charge in [0.15, 0.2) is 0 Å². The van der Waals surface area contributed by atoms with E-state index in [4.69, 9.17) is 0 Å². The van der Waals surface area contributed by atoms with E-state index in [2.05, 4.69) is 22.4 Å². The number of likely N-dealkylation sites (tertiary alicyclic amines) is 1. The topological polar surface area (TPSA) is 65.2 Å². The van der Waals surface area contributed by atoms with E-state index in [0.29, 0.717) is 13.0 Å². The first-order valence-corrected chi connectivity index (χ1v) is 8.73. The summed E-state index contributed by atoms with van der Waals surface area (Å²) in [6.07, 6.45) is 6.09. The van der Waals surface area contributed by atoms with E-state index in [1.54, 1.807) is 7.05 Å². The summed E-state index contributed by atoms with van der Waals surface area (Å²) >= 11 is 0. The zero-order chi connectivity index (χ0) is 16.9. The first kappa shape index (κ1) is 16.6. The molecule has 24 heavy (non-hydrogen) atoms. The van der Waals surface area contributed by atoms with Crippen LogP contribution in [-0.2, 0) is 16.0 Å². The molecule has 1 aromatic heterocycles. The summed E-state index contributed by atoms with van der Waals surface area (Å²) in [5.74, 6) is 0.163. The molecule has 2 heterocycles. The Labute approximate surface area is 142 Å². The van der Waals surface area contributed by atoms with Crippen LogP contribution in [0.2, 0.25) is 0 Å². The van der Waals surface area contributed by atoms with Crippen molar-refractivity contribution in [3.63, 3.8) is 0 Å². The monoisotopic (exact) mass is 327 g/mol. The van der Waals surface area contributed by atoms with E-state index in [-0.39, 0.29) is 17.7 Å². The molecular formula is C19H25N3O2. The Morgan fingerprint density at radius 2 is 2.17 bits per heavy atom. The normalized spacial score (nSPS) is 17.9. The van der Waals surface area contributed by atoms with Gasteiger partial charge in [-0.05, 0) is 37.3 Å². The van der Waals surface area contributed by atoms with Gasteiger partial charge in [0.25, 0.3) is 0 Å². The maximum Gasteiger partial charge on any atom is 0.224 e. The number of carbonyl (C=O) groups is 2. The highest BCUT2D eigenvalue weighted by Crippen LogP contribution is 2.21. The summed E-state index contributed by atoms with van der Waals surface area (Å²) in [5.41, 5.74) is 2.41. The highest BCUT2D eigenvalue weighted by atomic mass is 16.2. The number of piperidine rings is 1. The maximum atomic E-state index is 12.4. The Hall–Kier alpha value is -2.30. The molecule has 1 aromatic carbocycles. The molecule has 0 aliphatic carbocycles. The van der Waals surface area contributed by atoms with Gasteiger partial charge in [0.05, 0.1) is 5.92 Å². The van der Waals surface area contributed by atoms with Gasteiger partial charge in [-0.15, -0.1) is 0 Å². The van der Waals surface area contributed by atoms with Crippen molar-refractivity contribution >= 4 is 22.7 Å². The van der Waals surface area contributed by atoms with Crippen LogP contribution in [0.4, 0.5) is 0 Å². The summed E-state index contributed by atoms with van der Waals surface area (Å²) in [6, 6.07) is 8.24. The SMILES string of the molecule is CNC(=O)C1CCCN(C(=O)CCCc2c[nH]c3ccccc23)C1. The second-order valence-electron chi connectivity index (χ2n) is 6.51. The number of hydrogen-bond donors (Lipinski definition) is 2. The molecule has 3 rings (SSSR count). The van der Waals surface area contributed by atoms with E-state index in [1.165, 1.54) is 10.9 Å². The Balaban J connectivity index is 1.51. The van der Waals surface area contributed by atoms with Crippen molar-refractivity contribution in [2.24, 2.45) is 5.92 Å². The largest absolute Gasteiger partial charge is 0.361 e. The summed E-state index contributed by atoms with van der Waals surface area (Å²) in [4.78, 5) is 29.3. The third-order valence-electron chi connectivity index (χ3n) is 4.90. The van der Waals surface area contributed by atoms with Gasteiger partial charge < -0.3 is 15.2 Å². The van der Waals surface area contributed by atoms with Crippen LogP contribution in [0.15, 0.2) is 30.5 Å². The molecule has 0 spiro atoms. The molecule has 2 amide bonds. The van der Waals surface area contributed by atoms with Crippen molar-refractivity contribution in [3.05, 3.63) is 36.0 Å². The number of aromatic amines is 1. The third-order valence-corrected chi connectivity index (χ3v) is 4.90. The predicted molar refractivity (Wildman–Crippen MR) is 94.6 cm³/mol. The second kappa shape index (κ2) is 7.51. The van der Waals surface area contributed by atoms with Crippen molar-refractivity contribution in [2.45, 2.75) is 32.1 Å². The predicted octanol–water partition coefficient (Wildman–Crippen LogP) is 2.48. The number of aromatic nitrogens is 1. The number of fused-ring (bicyclic) bond motifs is 1. The molecule has 1 saturated heterocycles. The van der Waals surface area contributed by atoms with Crippen LogP contribution in [0, 0.1) is 5.92 Å². The molecule has 1 fully saturated rings. The van der Waals surface area contributed by atoms with Crippen LogP contribution < -0.4 is 5.32 Å². The number of nitrogens with one attached hydrogen (secondary N) is 2. The van der Waals surface area contributed by atoms with Crippen molar-refractivity contribution in [1.29, 1.82) is 0 Å². The number of hydrogen-bond acceptors (Lipinski definition) is 2. The van der Waals surface area contributed by atoms with Gasteiger partial charge >= 0.3 is 0 Å². The quantitative estimate of drug-likeness (QED) is 0.886. The first-order valence-electron chi connectivity index (χ1n) is 8.73. The molecule has 0 bridgehead atoms. The fraction of sp³-hybridized carbons (Fsp3) is 0.474. The van der Waals surface area contributed by atoms with Crippen LogP contribution in [0.5, 0.6) is 0 Å². The summed E-state index contributed by atoms with van der Waals surface area (Å²) in [5, 5.41) is 3.93. The zero-order valence-electron chi connectivity index (χ0n) is 14.2. The van der Waals surface area contributed by atoms with E-state index < -0.39 is 0 Å². The number of nitrogens with zero attached hydrogens (tertiary/aromatic N) is 1. The molecule has 1 aliphatic heterocycles. The minimum absolute atomic E-state index is 0.0475. The van der Waals surface area contributed by atoms with Crippen molar-refractivity contribution in [2.75, 3.05) is 20.1 Å². The molecule has 5 heteroatoms. The van der Waals surface area contributed by atoms with Gasteiger partial charge in [-0.1, -0.05) is 18.2 Å². The Kier molecular flexibility index (Phi) is 5.18. The zero-order valence-corrected chi connectivity index (χ0v) is 14.2. The van der Waals surface area contributed by atoms with Gasteiger partial charge in [-0.3, -0.25) is 9.59 Å². The fourth-order valence-corrected chi connectivity index (χ4v) is 3.55. The number of para-hydroxylation sites is 1. The number of carbonyl (C=O) groups excluding carboxylic acids is 2. The van der Waals surface area contributed by atoms with E-state index in [0.717, 1.165) is 37.7 Å². The lowest BCUT2D eigenvalue weighted by Gasteiger charge is -2.31. The number of rotatable bonds is 5. The van der Waals surface area contributed by atoms with E-state index in [9.17, 15) is 9.59 Å². The van der Waals surface area contributed by atoms with Crippen LogP contribution >= 0.6 is 0 Å². The van der Waals surface area contributed by atoms with Gasteiger partial charge in [-0.2, -0.15) is 0 Å². The average Bonchev–Trinajstić information content (AvgIpc) is 3.04. The van der Waals surface area contributed by atoms with Crippen LogP contribution in [-0.4, -0.2) is 41.8 Å². The van der Waals surface area contributed by atoms with Crippen molar-refractivity contribution < 1.29 is 9.59 Å². The van der Waals surface area contributed by atoms with Gasteiger partial charge in [0, 0.05) is 43.7 Å². The molecule has 0 radical (unpaired) electrons. The molecule has 1 atom stereocenters. The molecule has 2 aromatic rings. The van der Waals surface area contributed by atoms with Gasteiger partial charge in [-0.25, -0.2) is 0 Å². The van der Waals surface area contributed by atoms with Crippen molar-refractivity contribution in [3.8, 4) is 0 Å². The molecule has 128 valence electrons. The smallest absolute Gasteiger partial charge is 0.224 e. The first-order chi connectivity index (χ1) is 11.7. The lowest BCUT2D eigenvalue weighted by molar-refractivity contribution is -0.135. The summed E-state index contributed by atoms with van der Waals surface area (Å²) in [6.45, 7) is 1.34. The van der Waals surface area contributed by atoms with Crippen LogP contribution in [0.25, 0.3) is 10.9 Å². The minimum atomic E-state index is -0.0543. The molecule has 1 unspecified atom stereocenters. The van der Waals surface area contributed by atoms with Crippen LogP contribution in [0.1, 0.15) is 31.2 Å². The van der Waals surface area contributed by atoms with E-state index >= 15 is 0 Å². The minimum Gasteiger partial charge on any atom is -0.361 e. The molecule has 1 aliphatic rings. The highest BCUT2D eigenvalue weighted by Gasteiger charge is 2.27. The Morgan fingerprint density at radius 3 is 3.00 bits per heavy atom. The Bertz CT molecular complexity index is 722.